The molecule has 0 saturated carbocycles. The van der Waals surface area contributed by atoms with Crippen molar-refractivity contribution in [2.45, 2.75) is 13.0 Å². The smallest absolute Gasteiger partial charge is 0.325 e. The first-order valence-electron chi connectivity index (χ1n) is 7.81. The average Bonchev–Trinajstić information content (AvgIpc) is 2.64. The largest absolute Gasteiger partial charge is 0.460 e. The van der Waals surface area contributed by atoms with E-state index in [1.165, 1.54) is 0 Å². The number of benzene rings is 2. The molecule has 0 aromatic heterocycles. The molecule has 0 saturated heterocycles. The van der Waals surface area contributed by atoms with Crippen LogP contribution in [0.5, 0.6) is 0 Å². The van der Waals surface area contributed by atoms with E-state index in [2.05, 4.69) is 5.32 Å². The molecule has 0 aliphatic carbocycles. The Balaban J connectivity index is 1.75. The molecule has 0 heterocycles. The maximum absolute atomic E-state index is 12.1. The first-order chi connectivity index (χ1) is 11.7. The Morgan fingerprint density at radius 3 is 2.12 bits per heavy atom. The van der Waals surface area contributed by atoms with Crippen LogP contribution in [0.2, 0.25) is 0 Å². The van der Waals surface area contributed by atoms with Crippen LogP contribution in [0, 0.1) is 5.92 Å². The van der Waals surface area contributed by atoms with Gasteiger partial charge in [-0.15, -0.1) is 0 Å². The zero-order valence-electron chi connectivity index (χ0n) is 13.4. The molecule has 0 radical (unpaired) electrons. The predicted molar refractivity (Wildman–Crippen MR) is 90.0 cm³/mol. The maximum Gasteiger partial charge on any atom is 0.325 e. The van der Waals surface area contributed by atoms with E-state index >= 15 is 0 Å². The van der Waals surface area contributed by atoms with Gasteiger partial charge in [0.25, 0.3) is 0 Å². The highest BCUT2D eigenvalue weighted by molar-refractivity contribution is 5.83. The summed E-state index contributed by atoms with van der Waals surface area (Å²) in [6.07, 6.45) is 0.419. The lowest BCUT2D eigenvalue weighted by atomic mass is 9.99. The Bertz CT molecular complexity index is 643. The molecular weight excluding hydrogens is 306 g/mol. The third kappa shape index (κ3) is 5.85. The molecule has 126 valence electrons. The summed E-state index contributed by atoms with van der Waals surface area (Å²) in [6.45, 7) is -0.320. The molecule has 5 nitrogen and oxygen atoms in total. The predicted octanol–water partition coefficient (Wildman–Crippen LogP) is 1.70. The number of carbonyl (C=O) groups is 2. The quantitative estimate of drug-likeness (QED) is 0.724. The molecule has 2 aromatic carbocycles. The monoisotopic (exact) mass is 327 g/mol. The summed E-state index contributed by atoms with van der Waals surface area (Å²) in [4.78, 5) is 23.8. The van der Waals surface area contributed by atoms with Gasteiger partial charge in [-0.25, -0.2) is 0 Å². The van der Waals surface area contributed by atoms with Gasteiger partial charge < -0.3 is 15.2 Å². The number of nitrogens with one attached hydrogen (secondary N) is 1. The number of esters is 1. The van der Waals surface area contributed by atoms with Crippen molar-refractivity contribution in [2.75, 3.05) is 13.2 Å². The molecule has 0 bridgehead atoms. The van der Waals surface area contributed by atoms with Gasteiger partial charge in [-0.3, -0.25) is 9.59 Å². The van der Waals surface area contributed by atoms with Crippen LogP contribution in [0.15, 0.2) is 60.7 Å². The van der Waals surface area contributed by atoms with Gasteiger partial charge in [0.1, 0.15) is 13.2 Å². The minimum absolute atomic E-state index is 0.170. The fraction of sp³-hybridized carbons (Fsp3) is 0.263. The van der Waals surface area contributed by atoms with Gasteiger partial charge in [0.05, 0.1) is 12.5 Å². The summed E-state index contributed by atoms with van der Waals surface area (Å²) in [6, 6.07) is 18.7. The highest BCUT2D eigenvalue weighted by atomic mass is 16.5. The number of rotatable bonds is 8. The van der Waals surface area contributed by atoms with Gasteiger partial charge >= 0.3 is 5.97 Å². The normalized spacial score (nSPS) is 11.5. The van der Waals surface area contributed by atoms with Crippen molar-refractivity contribution in [3.8, 4) is 0 Å². The van der Waals surface area contributed by atoms with Crippen molar-refractivity contribution in [3.05, 3.63) is 71.8 Å². The second-order valence-electron chi connectivity index (χ2n) is 5.43. The topological polar surface area (TPSA) is 75.6 Å². The van der Waals surface area contributed by atoms with E-state index < -0.39 is 11.9 Å². The summed E-state index contributed by atoms with van der Waals surface area (Å²) in [7, 11) is 0. The van der Waals surface area contributed by atoms with Gasteiger partial charge in [-0.2, -0.15) is 0 Å². The van der Waals surface area contributed by atoms with Gasteiger partial charge in [0.15, 0.2) is 0 Å². The standard InChI is InChI=1S/C19H21NO4/c21-13-17(11-15-7-3-1-4-8-15)19(23)20-12-18(22)24-14-16-9-5-2-6-10-16/h1-10,17,21H,11-14H2,(H,20,23). The van der Waals surface area contributed by atoms with E-state index in [-0.39, 0.29) is 25.7 Å². The molecule has 0 aliphatic rings. The number of aliphatic hydroxyl groups is 1. The highest BCUT2D eigenvalue weighted by Crippen LogP contribution is 2.08. The number of ether oxygens (including phenoxy) is 1. The van der Waals surface area contributed by atoms with Crippen LogP contribution in [0.3, 0.4) is 0 Å². The third-order valence-corrected chi connectivity index (χ3v) is 3.57. The van der Waals surface area contributed by atoms with Gasteiger partial charge in [0.2, 0.25) is 5.91 Å². The molecular formula is C19H21NO4. The van der Waals surface area contributed by atoms with Crippen molar-refractivity contribution >= 4 is 11.9 Å². The Morgan fingerprint density at radius 1 is 0.958 bits per heavy atom. The van der Waals surface area contributed by atoms with Crippen LogP contribution in [0.25, 0.3) is 0 Å². The zero-order chi connectivity index (χ0) is 17.2. The summed E-state index contributed by atoms with van der Waals surface area (Å²) in [5.74, 6) is -1.46. The molecule has 2 aromatic rings. The van der Waals surface area contributed by atoms with Crippen LogP contribution >= 0.6 is 0 Å². The van der Waals surface area contributed by atoms with E-state index in [0.29, 0.717) is 6.42 Å². The highest BCUT2D eigenvalue weighted by Gasteiger charge is 2.18. The molecule has 0 fully saturated rings. The lowest BCUT2D eigenvalue weighted by Crippen LogP contribution is -2.37. The molecule has 1 atom stereocenters. The Kier molecular flexibility index (Phi) is 6.98. The van der Waals surface area contributed by atoms with Crippen molar-refractivity contribution in [3.63, 3.8) is 0 Å². The third-order valence-electron chi connectivity index (χ3n) is 3.57. The molecule has 0 aliphatic heterocycles. The summed E-state index contributed by atoms with van der Waals surface area (Å²) < 4.78 is 5.09. The van der Waals surface area contributed by atoms with E-state index in [1.54, 1.807) is 0 Å². The number of hydrogen-bond donors (Lipinski definition) is 2. The Hall–Kier alpha value is -2.66. The van der Waals surface area contributed by atoms with E-state index in [0.717, 1.165) is 11.1 Å². The Labute approximate surface area is 141 Å². The van der Waals surface area contributed by atoms with Crippen LogP contribution < -0.4 is 5.32 Å². The van der Waals surface area contributed by atoms with Gasteiger partial charge in [0, 0.05) is 0 Å². The fourth-order valence-electron chi connectivity index (χ4n) is 2.23. The van der Waals surface area contributed by atoms with Crippen LogP contribution in [0.1, 0.15) is 11.1 Å². The first-order valence-corrected chi connectivity index (χ1v) is 7.81. The molecule has 1 unspecified atom stereocenters. The number of carbonyl (C=O) groups excluding carboxylic acids is 2. The molecule has 5 heteroatoms. The summed E-state index contributed by atoms with van der Waals surface area (Å²) in [5.41, 5.74) is 1.84. The SMILES string of the molecule is O=C(CNC(=O)C(CO)Cc1ccccc1)OCc1ccccc1. The minimum Gasteiger partial charge on any atom is -0.460 e. The first kappa shape index (κ1) is 17.7. The van der Waals surface area contributed by atoms with Crippen molar-refractivity contribution in [1.82, 2.24) is 5.32 Å². The van der Waals surface area contributed by atoms with Crippen molar-refractivity contribution < 1.29 is 19.4 Å². The second-order valence-corrected chi connectivity index (χ2v) is 5.43. The fourth-order valence-corrected chi connectivity index (χ4v) is 2.23. The lowest BCUT2D eigenvalue weighted by molar-refractivity contribution is -0.145. The average molecular weight is 327 g/mol. The zero-order valence-corrected chi connectivity index (χ0v) is 13.4. The Morgan fingerprint density at radius 2 is 1.54 bits per heavy atom. The molecule has 2 N–H and O–H groups in total. The van der Waals surface area contributed by atoms with Crippen molar-refractivity contribution in [1.29, 1.82) is 0 Å². The minimum atomic E-state index is -0.589. The second kappa shape index (κ2) is 9.47. The number of aliphatic hydroxyl groups excluding tert-OH is 1. The van der Waals surface area contributed by atoms with E-state index in [1.807, 2.05) is 60.7 Å². The summed E-state index contributed by atoms with van der Waals surface area (Å²) >= 11 is 0. The molecule has 1 amide bonds. The molecule has 0 spiro atoms. The maximum atomic E-state index is 12.1. The lowest BCUT2D eigenvalue weighted by Gasteiger charge is -2.14. The van der Waals surface area contributed by atoms with Crippen LogP contribution in [-0.4, -0.2) is 30.1 Å². The van der Waals surface area contributed by atoms with Gasteiger partial charge in [-0.05, 0) is 17.5 Å². The van der Waals surface area contributed by atoms with Gasteiger partial charge in [-0.1, -0.05) is 60.7 Å². The number of amides is 1. The van der Waals surface area contributed by atoms with Crippen LogP contribution in [-0.2, 0) is 27.4 Å². The number of hydrogen-bond acceptors (Lipinski definition) is 4. The van der Waals surface area contributed by atoms with E-state index in [4.69, 9.17) is 4.74 Å². The molecule has 2 rings (SSSR count). The molecule has 24 heavy (non-hydrogen) atoms. The van der Waals surface area contributed by atoms with Crippen LogP contribution in [0.4, 0.5) is 0 Å². The van der Waals surface area contributed by atoms with Crippen molar-refractivity contribution in [2.24, 2.45) is 5.92 Å². The summed E-state index contributed by atoms with van der Waals surface area (Å²) in [5, 5.41) is 11.9. The van der Waals surface area contributed by atoms with E-state index in [9.17, 15) is 14.7 Å².